The quantitative estimate of drug-likeness (QED) is 0.767. The van der Waals surface area contributed by atoms with Crippen LogP contribution in [0.5, 0.6) is 0 Å². The minimum Gasteiger partial charge on any atom is -0.382 e. The fourth-order valence-electron chi connectivity index (χ4n) is 2.03. The number of hydrogen-bond donors (Lipinski definition) is 2. The van der Waals surface area contributed by atoms with Crippen LogP contribution in [0, 0.1) is 5.41 Å². The van der Waals surface area contributed by atoms with Gasteiger partial charge < -0.3 is 10.4 Å². The normalized spacial score (nSPS) is 23.0. The lowest BCUT2D eigenvalue weighted by atomic mass is 9.89. The van der Waals surface area contributed by atoms with Gasteiger partial charge in [0.1, 0.15) is 0 Å². The summed E-state index contributed by atoms with van der Waals surface area (Å²) in [6.07, 6.45) is -2.34. The Bertz CT molecular complexity index is 199. The van der Waals surface area contributed by atoms with Crippen LogP contribution in [0.4, 0.5) is 13.2 Å². The van der Waals surface area contributed by atoms with E-state index in [0.29, 0.717) is 6.54 Å². The third-order valence-electron chi connectivity index (χ3n) is 3.08. The molecule has 0 heterocycles. The summed E-state index contributed by atoms with van der Waals surface area (Å²) in [6, 6.07) is 0. The molecule has 5 heteroatoms. The van der Waals surface area contributed by atoms with E-state index >= 15 is 0 Å². The second kappa shape index (κ2) is 4.70. The molecule has 0 aromatic heterocycles. The SMILES string of the molecule is CC1(CNCC(O)C(F)(F)F)CCCC1. The minimum absolute atomic E-state index is 0.116. The standard InChI is InChI=1S/C10H18F3NO/c1-9(4-2-3-5-9)7-14-6-8(15)10(11,12)13/h8,14-15H,2-7H2,1H3. The number of nitrogens with one attached hydrogen (secondary N) is 1. The Kier molecular flexibility index (Phi) is 4.00. The van der Waals surface area contributed by atoms with Crippen LogP contribution in [0.25, 0.3) is 0 Å². The Balaban J connectivity index is 2.21. The molecule has 0 amide bonds. The Hall–Kier alpha value is -0.290. The van der Waals surface area contributed by atoms with E-state index in [0.717, 1.165) is 25.7 Å². The van der Waals surface area contributed by atoms with Crippen molar-refractivity contribution < 1.29 is 18.3 Å². The lowest BCUT2D eigenvalue weighted by molar-refractivity contribution is -0.202. The molecule has 2 nitrogen and oxygen atoms in total. The van der Waals surface area contributed by atoms with Gasteiger partial charge in [0.15, 0.2) is 6.10 Å². The number of aliphatic hydroxyl groups excluding tert-OH is 1. The highest BCUT2D eigenvalue weighted by Gasteiger charge is 2.38. The van der Waals surface area contributed by atoms with Crippen LogP contribution < -0.4 is 5.32 Å². The van der Waals surface area contributed by atoms with Gasteiger partial charge in [0, 0.05) is 13.1 Å². The molecule has 90 valence electrons. The number of hydrogen-bond acceptors (Lipinski definition) is 2. The fourth-order valence-corrected chi connectivity index (χ4v) is 2.03. The van der Waals surface area contributed by atoms with Gasteiger partial charge in [0.2, 0.25) is 0 Å². The summed E-state index contributed by atoms with van der Waals surface area (Å²) in [5.41, 5.74) is 0.116. The molecule has 0 bridgehead atoms. The van der Waals surface area contributed by atoms with Crippen LogP contribution >= 0.6 is 0 Å². The molecule has 1 atom stereocenters. The van der Waals surface area contributed by atoms with E-state index in [-0.39, 0.29) is 5.41 Å². The lowest BCUT2D eigenvalue weighted by Crippen LogP contribution is -2.41. The molecular weight excluding hydrogens is 207 g/mol. The first-order valence-electron chi connectivity index (χ1n) is 5.29. The Labute approximate surface area is 87.9 Å². The minimum atomic E-state index is -4.51. The fraction of sp³-hybridized carbons (Fsp3) is 1.00. The van der Waals surface area contributed by atoms with Gasteiger partial charge in [0.25, 0.3) is 0 Å². The maximum absolute atomic E-state index is 12.0. The highest BCUT2D eigenvalue weighted by atomic mass is 19.4. The van der Waals surface area contributed by atoms with Crippen LogP contribution in [-0.4, -0.2) is 30.5 Å². The molecule has 0 saturated heterocycles. The van der Waals surface area contributed by atoms with Crippen LogP contribution in [-0.2, 0) is 0 Å². The van der Waals surface area contributed by atoms with Crippen molar-refractivity contribution in [3.05, 3.63) is 0 Å². The monoisotopic (exact) mass is 225 g/mol. The molecule has 0 radical (unpaired) electrons. The molecule has 0 aromatic carbocycles. The summed E-state index contributed by atoms with van der Waals surface area (Å²) in [7, 11) is 0. The molecule has 1 saturated carbocycles. The molecule has 1 unspecified atom stereocenters. The molecule has 0 spiro atoms. The van der Waals surface area contributed by atoms with Gasteiger partial charge in [-0.2, -0.15) is 13.2 Å². The smallest absolute Gasteiger partial charge is 0.382 e. The number of alkyl halides is 3. The topological polar surface area (TPSA) is 32.3 Å². The zero-order valence-electron chi connectivity index (χ0n) is 8.90. The van der Waals surface area contributed by atoms with Crippen molar-refractivity contribution in [2.45, 2.75) is 44.9 Å². The van der Waals surface area contributed by atoms with Crippen molar-refractivity contribution in [2.75, 3.05) is 13.1 Å². The highest BCUT2D eigenvalue weighted by molar-refractivity contribution is 4.83. The zero-order chi connectivity index (χ0) is 11.5. The van der Waals surface area contributed by atoms with Crippen molar-refractivity contribution in [3.8, 4) is 0 Å². The molecule has 15 heavy (non-hydrogen) atoms. The maximum Gasteiger partial charge on any atom is 0.415 e. The van der Waals surface area contributed by atoms with E-state index in [1.54, 1.807) is 0 Å². The van der Waals surface area contributed by atoms with Gasteiger partial charge in [-0.1, -0.05) is 19.8 Å². The van der Waals surface area contributed by atoms with E-state index in [1.807, 2.05) is 0 Å². The van der Waals surface area contributed by atoms with E-state index in [9.17, 15) is 13.2 Å². The number of rotatable bonds is 4. The predicted octanol–water partition coefficient (Wildman–Crippen LogP) is 2.08. The Morgan fingerprint density at radius 1 is 1.33 bits per heavy atom. The van der Waals surface area contributed by atoms with Crippen molar-refractivity contribution >= 4 is 0 Å². The Morgan fingerprint density at radius 3 is 2.33 bits per heavy atom. The second-order valence-electron chi connectivity index (χ2n) is 4.71. The van der Waals surface area contributed by atoms with E-state index in [4.69, 9.17) is 5.11 Å². The summed E-state index contributed by atoms with van der Waals surface area (Å²) < 4.78 is 35.9. The molecule has 1 fully saturated rings. The largest absolute Gasteiger partial charge is 0.415 e. The molecule has 1 rings (SSSR count). The van der Waals surface area contributed by atoms with E-state index < -0.39 is 18.8 Å². The summed E-state index contributed by atoms with van der Waals surface area (Å²) in [6.45, 7) is 2.23. The molecular formula is C10H18F3NO. The lowest BCUT2D eigenvalue weighted by Gasteiger charge is -2.25. The first-order chi connectivity index (χ1) is 6.83. The zero-order valence-corrected chi connectivity index (χ0v) is 8.90. The van der Waals surface area contributed by atoms with Crippen molar-refractivity contribution in [1.82, 2.24) is 5.32 Å². The van der Waals surface area contributed by atoms with Gasteiger partial charge >= 0.3 is 6.18 Å². The van der Waals surface area contributed by atoms with Gasteiger partial charge in [-0.15, -0.1) is 0 Å². The van der Waals surface area contributed by atoms with E-state index in [2.05, 4.69) is 12.2 Å². The highest BCUT2D eigenvalue weighted by Crippen LogP contribution is 2.36. The number of halogens is 3. The van der Waals surface area contributed by atoms with Gasteiger partial charge in [-0.05, 0) is 18.3 Å². The molecule has 0 aromatic rings. The summed E-state index contributed by atoms with van der Waals surface area (Å²) >= 11 is 0. The average Bonchev–Trinajstić information content (AvgIpc) is 2.50. The first-order valence-corrected chi connectivity index (χ1v) is 5.29. The average molecular weight is 225 g/mol. The van der Waals surface area contributed by atoms with Crippen LogP contribution in [0.15, 0.2) is 0 Å². The summed E-state index contributed by atoms with van der Waals surface area (Å²) in [5, 5.41) is 11.5. The molecule has 0 aliphatic heterocycles. The summed E-state index contributed by atoms with van der Waals surface area (Å²) in [4.78, 5) is 0. The predicted molar refractivity (Wildman–Crippen MR) is 51.5 cm³/mol. The van der Waals surface area contributed by atoms with Crippen LogP contribution in [0.3, 0.4) is 0 Å². The second-order valence-corrected chi connectivity index (χ2v) is 4.71. The van der Waals surface area contributed by atoms with Gasteiger partial charge in [0.05, 0.1) is 0 Å². The number of aliphatic hydroxyl groups is 1. The third-order valence-corrected chi connectivity index (χ3v) is 3.08. The summed E-state index contributed by atoms with van der Waals surface area (Å²) in [5.74, 6) is 0. The van der Waals surface area contributed by atoms with Crippen LogP contribution in [0.1, 0.15) is 32.6 Å². The molecule has 1 aliphatic rings. The van der Waals surface area contributed by atoms with Crippen LogP contribution in [0.2, 0.25) is 0 Å². The van der Waals surface area contributed by atoms with Crippen molar-refractivity contribution in [1.29, 1.82) is 0 Å². The maximum atomic E-state index is 12.0. The van der Waals surface area contributed by atoms with Gasteiger partial charge in [-0.25, -0.2) is 0 Å². The van der Waals surface area contributed by atoms with Crippen molar-refractivity contribution in [2.24, 2.45) is 5.41 Å². The van der Waals surface area contributed by atoms with E-state index in [1.165, 1.54) is 0 Å². The third kappa shape index (κ3) is 3.99. The molecule has 2 N–H and O–H groups in total. The Morgan fingerprint density at radius 2 is 1.87 bits per heavy atom. The molecule has 1 aliphatic carbocycles. The van der Waals surface area contributed by atoms with Crippen molar-refractivity contribution in [3.63, 3.8) is 0 Å². The first kappa shape index (κ1) is 12.8. The van der Waals surface area contributed by atoms with Gasteiger partial charge in [-0.3, -0.25) is 0 Å².